The molecule has 0 saturated heterocycles. The molecule has 1 rings (SSSR count). The minimum Gasteiger partial charge on any atom is -0.257 e. The SMILES string of the molecule is Cc1cc([C@@H](C)NSC(C)C(C)C)cc(C(F)(F)F)c1. The van der Waals surface area contributed by atoms with Gasteiger partial charge in [0.15, 0.2) is 0 Å². The van der Waals surface area contributed by atoms with Crippen LogP contribution in [0.2, 0.25) is 0 Å². The van der Waals surface area contributed by atoms with Crippen LogP contribution in [0.5, 0.6) is 0 Å². The summed E-state index contributed by atoms with van der Waals surface area (Å²) in [7, 11) is 0. The fourth-order valence-electron chi connectivity index (χ4n) is 1.64. The standard InChI is InChI=1S/C15H22F3NS/c1-9(2)12(5)20-19-11(4)13-6-10(3)7-14(8-13)15(16,17)18/h6-9,11-12,19H,1-5H3/t11-,12?/m1/s1. The Morgan fingerprint density at radius 1 is 1.05 bits per heavy atom. The monoisotopic (exact) mass is 305 g/mol. The molecule has 0 heterocycles. The number of hydrogen-bond donors (Lipinski definition) is 1. The summed E-state index contributed by atoms with van der Waals surface area (Å²) in [6, 6.07) is 4.08. The van der Waals surface area contributed by atoms with Crippen LogP contribution < -0.4 is 4.72 Å². The number of benzene rings is 1. The van der Waals surface area contributed by atoms with Crippen LogP contribution in [0.25, 0.3) is 0 Å². The van der Waals surface area contributed by atoms with Gasteiger partial charge < -0.3 is 0 Å². The van der Waals surface area contributed by atoms with Gasteiger partial charge in [-0.15, -0.1) is 0 Å². The van der Waals surface area contributed by atoms with E-state index in [0.717, 1.165) is 0 Å². The van der Waals surface area contributed by atoms with Crippen molar-refractivity contribution in [1.29, 1.82) is 0 Å². The Morgan fingerprint density at radius 2 is 1.65 bits per heavy atom. The average molecular weight is 305 g/mol. The van der Waals surface area contributed by atoms with Gasteiger partial charge in [0.1, 0.15) is 0 Å². The van der Waals surface area contributed by atoms with Gasteiger partial charge in [-0.05, 0) is 37.5 Å². The Labute approximate surface area is 123 Å². The molecule has 20 heavy (non-hydrogen) atoms. The summed E-state index contributed by atoms with van der Waals surface area (Å²) >= 11 is 1.58. The van der Waals surface area contributed by atoms with Gasteiger partial charge in [0, 0.05) is 11.3 Å². The van der Waals surface area contributed by atoms with Gasteiger partial charge in [0.25, 0.3) is 0 Å². The van der Waals surface area contributed by atoms with E-state index in [2.05, 4.69) is 25.5 Å². The van der Waals surface area contributed by atoms with E-state index in [4.69, 9.17) is 0 Å². The van der Waals surface area contributed by atoms with Crippen molar-refractivity contribution in [2.75, 3.05) is 0 Å². The van der Waals surface area contributed by atoms with Crippen molar-refractivity contribution in [3.8, 4) is 0 Å². The third-order valence-electron chi connectivity index (χ3n) is 3.30. The quantitative estimate of drug-likeness (QED) is 0.735. The van der Waals surface area contributed by atoms with Gasteiger partial charge in [-0.3, -0.25) is 4.72 Å². The van der Waals surface area contributed by atoms with Crippen LogP contribution in [0, 0.1) is 12.8 Å². The van der Waals surface area contributed by atoms with Gasteiger partial charge in [-0.1, -0.05) is 44.3 Å². The van der Waals surface area contributed by atoms with Crippen LogP contribution in [0.3, 0.4) is 0 Å². The van der Waals surface area contributed by atoms with E-state index in [1.54, 1.807) is 24.9 Å². The molecule has 1 nitrogen and oxygen atoms in total. The molecule has 0 amide bonds. The minimum atomic E-state index is -4.29. The average Bonchev–Trinajstić information content (AvgIpc) is 2.33. The molecule has 114 valence electrons. The summed E-state index contributed by atoms with van der Waals surface area (Å²) in [5.74, 6) is 0.517. The van der Waals surface area contributed by atoms with Gasteiger partial charge in [0.2, 0.25) is 0 Å². The second-order valence-electron chi connectivity index (χ2n) is 5.54. The van der Waals surface area contributed by atoms with Crippen molar-refractivity contribution in [3.63, 3.8) is 0 Å². The molecule has 2 atom stereocenters. The maximum absolute atomic E-state index is 12.8. The second-order valence-corrected chi connectivity index (χ2v) is 6.75. The summed E-state index contributed by atoms with van der Waals surface area (Å²) in [6.45, 7) is 9.92. The zero-order chi connectivity index (χ0) is 15.5. The minimum absolute atomic E-state index is 0.123. The van der Waals surface area contributed by atoms with Gasteiger partial charge in [-0.2, -0.15) is 13.2 Å². The second kappa shape index (κ2) is 6.85. The van der Waals surface area contributed by atoms with Crippen LogP contribution >= 0.6 is 11.9 Å². The van der Waals surface area contributed by atoms with E-state index in [1.807, 2.05) is 6.92 Å². The molecule has 1 N–H and O–H groups in total. The fraction of sp³-hybridized carbons (Fsp3) is 0.600. The number of rotatable bonds is 5. The van der Waals surface area contributed by atoms with Crippen molar-refractivity contribution >= 4 is 11.9 Å². The number of halogens is 3. The zero-order valence-electron chi connectivity index (χ0n) is 12.5. The third-order valence-corrected chi connectivity index (χ3v) is 4.70. The summed E-state index contributed by atoms with van der Waals surface area (Å²) in [4.78, 5) is 0. The van der Waals surface area contributed by atoms with Crippen molar-refractivity contribution in [2.45, 2.75) is 52.1 Å². The lowest BCUT2D eigenvalue weighted by atomic mass is 10.0. The van der Waals surface area contributed by atoms with E-state index >= 15 is 0 Å². The summed E-state index contributed by atoms with van der Waals surface area (Å²) < 4.78 is 41.7. The predicted molar refractivity (Wildman–Crippen MR) is 79.6 cm³/mol. The summed E-state index contributed by atoms with van der Waals surface area (Å²) in [5, 5.41) is 0.407. The molecule has 0 radical (unpaired) electrons. The lowest BCUT2D eigenvalue weighted by Crippen LogP contribution is -2.18. The molecule has 0 aliphatic heterocycles. The Morgan fingerprint density at radius 3 is 2.15 bits per heavy atom. The third kappa shape index (κ3) is 5.02. The summed E-state index contributed by atoms with van der Waals surface area (Å²) in [5.41, 5.74) is 0.717. The topological polar surface area (TPSA) is 12.0 Å². The van der Waals surface area contributed by atoms with E-state index in [0.29, 0.717) is 22.3 Å². The fourth-order valence-corrected chi connectivity index (χ4v) is 2.47. The molecule has 0 fully saturated rings. The maximum atomic E-state index is 12.8. The maximum Gasteiger partial charge on any atom is 0.416 e. The first kappa shape index (κ1) is 17.4. The lowest BCUT2D eigenvalue weighted by molar-refractivity contribution is -0.137. The molecule has 0 spiro atoms. The van der Waals surface area contributed by atoms with Crippen LogP contribution in [0.15, 0.2) is 18.2 Å². The highest BCUT2D eigenvalue weighted by atomic mass is 32.2. The van der Waals surface area contributed by atoms with Gasteiger partial charge >= 0.3 is 6.18 Å². The number of alkyl halides is 3. The molecule has 0 aromatic heterocycles. The van der Waals surface area contributed by atoms with Crippen molar-refractivity contribution in [3.05, 3.63) is 34.9 Å². The Kier molecular flexibility index (Phi) is 5.95. The largest absolute Gasteiger partial charge is 0.416 e. The Hall–Kier alpha value is -0.680. The number of nitrogens with one attached hydrogen (secondary N) is 1. The molecule has 5 heteroatoms. The van der Waals surface area contributed by atoms with Crippen molar-refractivity contribution < 1.29 is 13.2 Å². The molecular weight excluding hydrogens is 283 g/mol. The molecule has 1 unspecified atom stereocenters. The van der Waals surface area contributed by atoms with Crippen LogP contribution in [-0.4, -0.2) is 5.25 Å². The highest BCUT2D eigenvalue weighted by Gasteiger charge is 2.31. The molecule has 0 saturated carbocycles. The zero-order valence-corrected chi connectivity index (χ0v) is 13.3. The Bertz CT molecular complexity index is 443. The molecule has 0 aliphatic rings. The van der Waals surface area contributed by atoms with E-state index in [9.17, 15) is 13.2 Å². The molecule has 0 bridgehead atoms. The van der Waals surface area contributed by atoms with E-state index in [1.165, 1.54) is 12.1 Å². The highest BCUT2D eigenvalue weighted by Crippen LogP contribution is 2.32. The number of hydrogen-bond acceptors (Lipinski definition) is 2. The predicted octanol–water partition coefficient (Wildman–Crippen LogP) is 5.36. The Balaban J connectivity index is 2.83. The van der Waals surface area contributed by atoms with Gasteiger partial charge in [-0.25, -0.2) is 0 Å². The van der Waals surface area contributed by atoms with Gasteiger partial charge in [0.05, 0.1) is 5.56 Å². The van der Waals surface area contributed by atoms with Crippen LogP contribution in [-0.2, 0) is 6.18 Å². The summed E-state index contributed by atoms with van der Waals surface area (Å²) in [6.07, 6.45) is -4.29. The van der Waals surface area contributed by atoms with E-state index in [-0.39, 0.29) is 6.04 Å². The number of aryl methyl sites for hydroxylation is 1. The lowest BCUT2D eigenvalue weighted by Gasteiger charge is -2.21. The smallest absolute Gasteiger partial charge is 0.257 e. The first-order chi connectivity index (χ1) is 9.11. The first-order valence-electron chi connectivity index (χ1n) is 6.71. The van der Waals surface area contributed by atoms with E-state index < -0.39 is 11.7 Å². The molecule has 0 aliphatic carbocycles. The highest BCUT2D eigenvalue weighted by molar-refractivity contribution is 7.98. The molecule has 1 aromatic carbocycles. The molecule has 1 aromatic rings. The van der Waals surface area contributed by atoms with Crippen molar-refractivity contribution in [2.24, 2.45) is 5.92 Å². The van der Waals surface area contributed by atoms with Crippen molar-refractivity contribution in [1.82, 2.24) is 4.72 Å². The van der Waals surface area contributed by atoms with Crippen LogP contribution in [0.1, 0.15) is 50.4 Å². The normalized spacial score (nSPS) is 15.4. The van der Waals surface area contributed by atoms with Crippen LogP contribution in [0.4, 0.5) is 13.2 Å². The molecular formula is C15H22F3NS. The first-order valence-corrected chi connectivity index (χ1v) is 7.59.